The second kappa shape index (κ2) is 6.46. The van der Waals surface area contributed by atoms with Gasteiger partial charge in [-0.25, -0.2) is 15.0 Å². The molecule has 0 amide bonds. The van der Waals surface area contributed by atoms with Crippen LogP contribution in [0.25, 0.3) is 0 Å². The molecule has 2 aromatic heterocycles. The summed E-state index contributed by atoms with van der Waals surface area (Å²) < 4.78 is 0. The molecule has 2 aromatic rings. The van der Waals surface area contributed by atoms with Crippen molar-refractivity contribution in [3.05, 3.63) is 29.8 Å². The van der Waals surface area contributed by atoms with Gasteiger partial charge >= 0.3 is 0 Å². The van der Waals surface area contributed by atoms with E-state index in [0.29, 0.717) is 5.92 Å². The van der Waals surface area contributed by atoms with Gasteiger partial charge in [0, 0.05) is 64.1 Å². The summed E-state index contributed by atoms with van der Waals surface area (Å²) in [6.07, 6.45) is 4.30. The highest BCUT2D eigenvalue weighted by Crippen LogP contribution is 2.38. The highest BCUT2D eigenvalue weighted by atomic mass is 15.3. The molecule has 7 nitrogen and oxygen atoms in total. The molecule has 7 heteroatoms. The van der Waals surface area contributed by atoms with Crippen molar-refractivity contribution in [1.82, 2.24) is 19.9 Å². The maximum atomic E-state index is 4.81. The van der Waals surface area contributed by atoms with Gasteiger partial charge in [0.2, 0.25) is 5.95 Å². The van der Waals surface area contributed by atoms with Crippen molar-refractivity contribution in [3.8, 4) is 0 Å². The fourth-order valence-electron chi connectivity index (χ4n) is 3.14. The Morgan fingerprint density at radius 2 is 1.72 bits per heavy atom. The maximum absolute atomic E-state index is 4.81. The van der Waals surface area contributed by atoms with E-state index in [1.807, 2.05) is 31.3 Å². The Balaban J connectivity index is 1.46. The maximum Gasteiger partial charge on any atom is 0.227 e. The second-order valence-corrected chi connectivity index (χ2v) is 7.08. The van der Waals surface area contributed by atoms with E-state index in [4.69, 9.17) is 4.98 Å². The lowest BCUT2D eigenvalue weighted by Gasteiger charge is -2.35. The van der Waals surface area contributed by atoms with Crippen LogP contribution in [-0.4, -0.2) is 60.2 Å². The number of aryl methyl sites for hydroxylation is 1. The second-order valence-electron chi connectivity index (χ2n) is 7.08. The molecule has 2 fully saturated rings. The summed E-state index contributed by atoms with van der Waals surface area (Å²) in [7, 11) is 4.00. The van der Waals surface area contributed by atoms with Gasteiger partial charge in [-0.15, -0.1) is 0 Å². The first-order valence-corrected chi connectivity index (χ1v) is 8.96. The van der Waals surface area contributed by atoms with Crippen LogP contribution in [0.4, 0.5) is 17.6 Å². The lowest BCUT2D eigenvalue weighted by atomic mass is 10.3. The summed E-state index contributed by atoms with van der Waals surface area (Å²) >= 11 is 0. The molecule has 0 unspecified atom stereocenters. The van der Waals surface area contributed by atoms with E-state index in [2.05, 4.69) is 37.7 Å². The number of anilines is 3. The first-order chi connectivity index (χ1) is 12.1. The molecule has 25 heavy (non-hydrogen) atoms. The number of hydrogen-bond donors (Lipinski definition) is 0. The van der Waals surface area contributed by atoms with Gasteiger partial charge in [-0.05, 0) is 25.8 Å². The molecule has 3 heterocycles. The first-order valence-electron chi connectivity index (χ1n) is 8.96. The molecule has 1 saturated carbocycles. The lowest BCUT2D eigenvalue weighted by molar-refractivity contribution is 0.631. The van der Waals surface area contributed by atoms with E-state index in [0.717, 1.165) is 55.3 Å². The summed E-state index contributed by atoms with van der Waals surface area (Å²) in [5.74, 6) is 4.43. The van der Waals surface area contributed by atoms with E-state index in [-0.39, 0.29) is 0 Å². The highest BCUT2D eigenvalue weighted by molar-refractivity contribution is 5.46. The van der Waals surface area contributed by atoms with Gasteiger partial charge in [-0.2, -0.15) is 4.98 Å². The molecule has 4 rings (SSSR count). The Kier molecular flexibility index (Phi) is 4.15. The number of nitrogens with zero attached hydrogens (tertiary/aromatic N) is 7. The average molecular weight is 339 g/mol. The van der Waals surface area contributed by atoms with Crippen LogP contribution in [0, 0.1) is 6.92 Å². The SMILES string of the molecule is Cc1cc(N2CCN(c3nccc(N(C)C)n3)CC2)nc(C2CC2)n1. The summed E-state index contributed by atoms with van der Waals surface area (Å²) in [6, 6.07) is 4.04. The molecule has 0 radical (unpaired) electrons. The molecular formula is C18H25N7. The van der Waals surface area contributed by atoms with Gasteiger partial charge in [-0.3, -0.25) is 0 Å². The molecule has 1 aliphatic carbocycles. The van der Waals surface area contributed by atoms with E-state index >= 15 is 0 Å². The molecule has 2 aliphatic rings. The van der Waals surface area contributed by atoms with Crippen molar-refractivity contribution < 1.29 is 0 Å². The van der Waals surface area contributed by atoms with Crippen LogP contribution in [0.3, 0.4) is 0 Å². The lowest BCUT2D eigenvalue weighted by Crippen LogP contribution is -2.47. The van der Waals surface area contributed by atoms with Crippen molar-refractivity contribution in [3.63, 3.8) is 0 Å². The minimum atomic E-state index is 0.585. The largest absolute Gasteiger partial charge is 0.363 e. The van der Waals surface area contributed by atoms with Crippen LogP contribution in [0.2, 0.25) is 0 Å². The predicted molar refractivity (Wildman–Crippen MR) is 99.5 cm³/mol. The van der Waals surface area contributed by atoms with Crippen LogP contribution in [-0.2, 0) is 0 Å². The third kappa shape index (κ3) is 3.50. The first kappa shape index (κ1) is 16.1. The minimum absolute atomic E-state index is 0.585. The van der Waals surface area contributed by atoms with Gasteiger partial charge in [0.25, 0.3) is 0 Å². The fourth-order valence-corrected chi connectivity index (χ4v) is 3.14. The van der Waals surface area contributed by atoms with Gasteiger partial charge in [-0.1, -0.05) is 0 Å². The van der Waals surface area contributed by atoms with Crippen molar-refractivity contribution in [2.45, 2.75) is 25.7 Å². The van der Waals surface area contributed by atoms with Crippen molar-refractivity contribution in [2.75, 3.05) is 55.0 Å². The fraction of sp³-hybridized carbons (Fsp3) is 0.556. The van der Waals surface area contributed by atoms with Crippen LogP contribution in [0.15, 0.2) is 18.3 Å². The number of aromatic nitrogens is 4. The van der Waals surface area contributed by atoms with Crippen LogP contribution in [0.1, 0.15) is 30.3 Å². The zero-order chi connectivity index (χ0) is 17.4. The zero-order valence-corrected chi connectivity index (χ0v) is 15.2. The number of rotatable bonds is 4. The molecule has 1 saturated heterocycles. The Morgan fingerprint density at radius 1 is 1.00 bits per heavy atom. The Morgan fingerprint density at radius 3 is 2.40 bits per heavy atom. The third-order valence-corrected chi connectivity index (χ3v) is 4.77. The van der Waals surface area contributed by atoms with Crippen LogP contribution >= 0.6 is 0 Å². The highest BCUT2D eigenvalue weighted by Gasteiger charge is 2.28. The van der Waals surface area contributed by atoms with E-state index in [1.165, 1.54) is 12.8 Å². The number of piperazine rings is 1. The molecule has 0 N–H and O–H groups in total. The van der Waals surface area contributed by atoms with E-state index in [1.54, 1.807) is 0 Å². The molecule has 0 aromatic carbocycles. The molecular weight excluding hydrogens is 314 g/mol. The quantitative estimate of drug-likeness (QED) is 0.842. The Labute approximate surface area is 148 Å². The van der Waals surface area contributed by atoms with E-state index < -0.39 is 0 Å². The summed E-state index contributed by atoms with van der Waals surface area (Å²) in [5, 5.41) is 0. The normalized spacial score (nSPS) is 17.7. The average Bonchev–Trinajstić information content (AvgIpc) is 3.47. The summed E-state index contributed by atoms with van der Waals surface area (Å²) in [6.45, 7) is 5.72. The topological polar surface area (TPSA) is 61.3 Å². The standard InChI is InChI=1S/C18H25N7/c1-13-12-16(21-17(20-13)14-4-5-14)24-8-10-25(11-9-24)18-19-7-6-15(22-18)23(2)3/h6-7,12,14H,4-5,8-11H2,1-3H3. The molecule has 0 spiro atoms. The molecule has 1 aliphatic heterocycles. The molecule has 132 valence electrons. The van der Waals surface area contributed by atoms with Gasteiger partial charge in [0.1, 0.15) is 17.5 Å². The van der Waals surface area contributed by atoms with E-state index in [9.17, 15) is 0 Å². The smallest absolute Gasteiger partial charge is 0.227 e. The monoisotopic (exact) mass is 339 g/mol. The molecule has 0 atom stereocenters. The van der Waals surface area contributed by atoms with Crippen LogP contribution in [0.5, 0.6) is 0 Å². The Bertz CT molecular complexity index is 749. The summed E-state index contributed by atoms with van der Waals surface area (Å²) in [5.41, 5.74) is 1.07. The molecule has 0 bridgehead atoms. The minimum Gasteiger partial charge on any atom is -0.363 e. The van der Waals surface area contributed by atoms with Gasteiger partial charge in [0.15, 0.2) is 0 Å². The third-order valence-electron chi connectivity index (χ3n) is 4.77. The van der Waals surface area contributed by atoms with Crippen molar-refractivity contribution in [1.29, 1.82) is 0 Å². The predicted octanol–water partition coefficient (Wildman–Crippen LogP) is 1.85. The Hall–Kier alpha value is -2.44. The van der Waals surface area contributed by atoms with Gasteiger partial charge < -0.3 is 14.7 Å². The zero-order valence-electron chi connectivity index (χ0n) is 15.2. The van der Waals surface area contributed by atoms with Gasteiger partial charge in [0.05, 0.1) is 0 Å². The van der Waals surface area contributed by atoms with Crippen molar-refractivity contribution in [2.24, 2.45) is 0 Å². The summed E-state index contributed by atoms with van der Waals surface area (Å²) in [4.78, 5) is 25.1. The number of hydrogen-bond acceptors (Lipinski definition) is 7. The van der Waals surface area contributed by atoms with Crippen molar-refractivity contribution >= 4 is 17.6 Å². The van der Waals surface area contributed by atoms with Crippen LogP contribution < -0.4 is 14.7 Å².